The number of hydrogen-bond donors (Lipinski definition) is 0. The molecule has 0 saturated heterocycles. The molecule has 0 aliphatic rings. The maximum Gasteiger partial charge on any atom is 0.129 e. The summed E-state index contributed by atoms with van der Waals surface area (Å²) in [5.41, 5.74) is 0. The maximum absolute atomic E-state index is 6.26. The van der Waals surface area contributed by atoms with Gasteiger partial charge in [0.05, 0.1) is 8.07 Å². The Balaban J connectivity index is 3.34. The van der Waals surface area contributed by atoms with Crippen molar-refractivity contribution < 1.29 is 0 Å². The van der Waals surface area contributed by atoms with Crippen LogP contribution in [-0.2, 0) is 0 Å². The number of pyridine rings is 1. The molecule has 0 aromatic carbocycles. The second kappa shape index (κ2) is 5.33. The summed E-state index contributed by atoms with van der Waals surface area (Å²) in [5.74, 6) is 0. The highest BCUT2D eigenvalue weighted by Gasteiger charge is 2.33. The molecule has 0 atom stereocenters. The first-order valence-electron chi connectivity index (χ1n) is 5.41. The van der Waals surface area contributed by atoms with Gasteiger partial charge in [0.25, 0.3) is 0 Å². The van der Waals surface area contributed by atoms with Crippen LogP contribution in [0.4, 0.5) is 0 Å². The molecule has 15 heavy (non-hydrogen) atoms. The fourth-order valence-electron chi connectivity index (χ4n) is 2.17. The van der Waals surface area contributed by atoms with Gasteiger partial charge in [0.15, 0.2) is 0 Å². The molecule has 4 heteroatoms. The van der Waals surface area contributed by atoms with Crippen LogP contribution in [0.15, 0.2) is 12.3 Å². The summed E-state index contributed by atoms with van der Waals surface area (Å²) in [6.07, 6.45) is 1.67. The topological polar surface area (TPSA) is 12.9 Å². The van der Waals surface area contributed by atoms with Gasteiger partial charge in [0, 0.05) is 11.2 Å². The highest BCUT2D eigenvalue weighted by molar-refractivity contribution is 6.94. The predicted octanol–water partition coefficient (Wildman–Crippen LogP) is 4.10. The van der Waals surface area contributed by atoms with Gasteiger partial charge in [-0.15, -0.1) is 0 Å². The van der Waals surface area contributed by atoms with E-state index in [4.69, 9.17) is 23.2 Å². The first-order chi connectivity index (χ1) is 7.11. The Hall–Kier alpha value is -0.0531. The van der Waals surface area contributed by atoms with E-state index in [2.05, 4.69) is 25.8 Å². The van der Waals surface area contributed by atoms with Gasteiger partial charge in [0.1, 0.15) is 5.15 Å². The second-order valence-electron chi connectivity index (χ2n) is 3.80. The molecule has 0 aliphatic heterocycles. The summed E-state index contributed by atoms with van der Waals surface area (Å²) in [7, 11) is -1.51. The number of nitrogens with zero attached hydrogens (tertiary/aromatic N) is 1. The molecule has 0 aliphatic carbocycles. The first-order valence-corrected chi connectivity index (χ1v) is 8.79. The largest absolute Gasteiger partial charge is 0.245 e. The minimum atomic E-state index is -1.51. The van der Waals surface area contributed by atoms with E-state index in [0.717, 1.165) is 10.2 Å². The van der Waals surface area contributed by atoms with E-state index in [9.17, 15) is 0 Å². The molecule has 0 fully saturated rings. The molecule has 0 amide bonds. The van der Waals surface area contributed by atoms with Crippen molar-refractivity contribution in [2.45, 2.75) is 38.9 Å². The van der Waals surface area contributed by atoms with Crippen LogP contribution in [0.5, 0.6) is 0 Å². The first kappa shape index (κ1) is 13.0. The van der Waals surface area contributed by atoms with Crippen molar-refractivity contribution >= 4 is 36.5 Å². The van der Waals surface area contributed by atoms with Gasteiger partial charge in [-0.3, -0.25) is 0 Å². The third kappa shape index (κ3) is 2.38. The lowest BCUT2D eigenvalue weighted by Gasteiger charge is -2.29. The quantitative estimate of drug-likeness (QED) is 0.588. The van der Waals surface area contributed by atoms with Gasteiger partial charge in [-0.25, -0.2) is 4.98 Å². The normalized spacial score (nSPS) is 11.8. The highest BCUT2D eigenvalue weighted by Crippen LogP contribution is 2.26. The molecule has 0 spiro atoms. The second-order valence-corrected chi connectivity index (χ2v) is 9.75. The Bertz CT molecular complexity index is 309. The summed E-state index contributed by atoms with van der Waals surface area (Å²) in [6, 6.07) is 5.37. The molecule has 0 bridgehead atoms. The van der Waals surface area contributed by atoms with E-state index < -0.39 is 8.07 Å². The van der Waals surface area contributed by atoms with E-state index >= 15 is 0 Å². The van der Waals surface area contributed by atoms with Crippen LogP contribution >= 0.6 is 23.2 Å². The molecule has 1 heterocycles. The average molecular weight is 262 g/mol. The molecule has 1 aromatic rings. The highest BCUT2D eigenvalue weighted by atomic mass is 35.5. The molecule has 0 radical (unpaired) electrons. The monoisotopic (exact) mass is 261 g/mol. The Kier molecular flexibility index (Phi) is 4.62. The van der Waals surface area contributed by atoms with E-state index in [1.807, 2.05) is 6.07 Å². The van der Waals surface area contributed by atoms with Crippen molar-refractivity contribution in [2.75, 3.05) is 0 Å². The van der Waals surface area contributed by atoms with Gasteiger partial charge in [-0.05, 0) is 11.3 Å². The van der Waals surface area contributed by atoms with E-state index in [1.54, 1.807) is 6.20 Å². The van der Waals surface area contributed by atoms with Gasteiger partial charge in [0.2, 0.25) is 0 Å². The van der Waals surface area contributed by atoms with E-state index in [1.165, 1.54) is 18.1 Å². The molecular weight excluding hydrogens is 245 g/mol. The van der Waals surface area contributed by atoms with Crippen molar-refractivity contribution in [1.29, 1.82) is 0 Å². The Labute approximate surface area is 103 Å². The smallest absolute Gasteiger partial charge is 0.129 e. The van der Waals surface area contributed by atoms with Crippen LogP contribution in [0, 0.1) is 0 Å². The maximum atomic E-state index is 6.26. The third-order valence-electron chi connectivity index (χ3n) is 3.41. The summed E-state index contributed by atoms with van der Waals surface area (Å²) in [5, 5.41) is 2.56. The predicted molar refractivity (Wildman–Crippen MR) is 71.1 cm³/mol. The van der Waals surface area contributed by atoms with Crippen LogP contribution in [0.2, 0.25) is 28.3 Å². The average Bonchev–Trinajstić information content (AvgIpc) is 2.24. The number of hydrogen-bond acceptors (Lipinski definition) is 1. The van der Waals surface area contributed by atoms with Crippen molar-refractivity contribution in [3.8, 4) is 0 Å². The summed E-state index contributed by atoms with van der Waals surface area (Å²) < 4.78 is 0. The fraction of sp³-hybridized carbons (Fsp3) is 0.545. The molecular formula is C11H17Cl2NSi. The van der Waals surface area contributed by atoms with Gasteiger partial charge >= 0.3 is 0 Å². The van der Waals surface area contributed by atoms with Crippen LogP contribution in [0.1, 0.15) is 20.8 Å². The van der Waals surface area contributed by atoms with Crippen molar-refractivity contribution in [1.82, 2.24) is 4.98 Å². The van der Waals surface area contributed by atoms with Gasteiger partial charge < -0.3 is 0 Å². The van der Waals surface area contributed by atoms with Gasteiger partial charge in [-0.1, -0.05) is 62.1 Å². The number of aromatic nitrogens is 1. The van der Waals surface area contributed by atoms with Crippen molar-refractivity contribution in [3.63, 3.8) is 0 Å². The van der Waals surface area contributed by atoms with E-state index in [-0.39, 0.29) is 0 Å². The third-order valence-corrected chi connectivity index (χ3v) is 9.96. The van der Waals surface area contributed by atoms with Gasteiger partial charge in [-0.2, -0.15) is 0 Å². The van der Waals surface area contributed by atoms with Crippen molar-refractivity contribution in [2.24, 2.45) is 0 Å². The van der Waals surface area contributed by atoms with Crippen LogP contribution < -0.4 is 5.19 Å². The van der Waals surface area contributed by atoms with Crippen LogP contribution in [0.3, 0.4) is 0 Å². The Morgan fingerprint density at radius 1 is 1.13 bits per heavy atom. The standard InChI is InChI=1S/C11H17Cl2NSi/c1-4-15(5-2,6-3)10-9(12)7-8-14-11(10)13/h7-8H,4-6H2,1-3H3. The number of halogens is 2. The zero-order valence-corrected chi connectivity index (χ0v) is 12.0. The SMILES string of the molecule is CC[Si](CC)(CC)c1c(Cl)ccnc1Cl. The van der Waals surface area contributed by atoms with Crippen LogP contribution in [-0.4, -0.2) is 13.1 Å². The lowest BCUT2D eigenvalue weighted by molar-refractivity contribution is 1.19. The number of rotatable bonds is 4. The van der Waals surface area contributed by atoms with Crippen molar-refractivity contribution in [3.05, 3.63) is 22.4 Å². The zero-order valence-electron chi connectivity index (χ0n) is 9.48. The minimum Gasteiger partial charge on any atom is -0.245 e. The molecule has 1 rings (SSSR count). The fourth-order valence-corrected chi connectivity index (χ4v) is 7.37. The molecule has 0 N–H and O–H groups in total. The molecule has 1 aromatic heterocycles. The Morgan fingerprint density at radius 3 is 2.07 bits per heavy atom. The summed E-state index contributed by atoms with van der Waals surface area (Å²) in [4.78, 5) is 4.17. The summed E-state index contributed by atoms with van der Waals surface area (Å²) >= 11 is 12.4. The van der Waals surface area contributed by atoms with E-state index in [0.29, 0.717) is 5.15 Å². The zero-order chi connectivity index (χ0) is 11.5. The molecule has 1 nitrogen and oxygen atoms in total. The molecule has 0 unspecified atom stereocenters. The molecule has 0 saturated carbocycles. The molecule has 84 valence electrons. The Morgan fingerprint density at radius 2 is 1.67 bits per heavy atom. The van der Waals surface area contributed by atoms with Crippen LogP contribution in [0.25, 0.3) is 0 Å². The summed E-state index contributed by atoms with van der Waals surface area (Å²) in [6.45, 7) is 6.70. The minimum absolute atomic E-state index is 0.611. The lowest BCUT2D eigenvalue weighted by Crippen LogP contribution is -2.47. The lowest BCUT2D eigenvalue weighted by atomic mass is 10.5.